The van der Waals surface area contributed by atoms with Gasteiger partial charge in [-0.1, -0.05) is 13.8 Å². The molecule has 4 nitrogen and oxygen atoms in total. The zero-order chi connectivity index (χ0) is 13.0. The molecule has 0 atom stereocenters. The molecule has 0 fully saturated rings. The summed E-state index contributed by atoms with van der Waals surface area (Å²) in [7, 11) is 1.96. The molecule has 2 aromatic rings. The number of aryl methyl sites for hydroxylation is 3. The highest BCUT2D eigenvalue weighted by Crippen LogP contribution is 2.15. The summed E-state index contributed by atoms with van der Waals surface area (Å²) in [5.74, 6) is 0. The van der Waals surface area contributed by atoms with Crippen LogP contribution in [0, 0.1) is 0 Å². The molecule has 0 amide bonds. The predicted molar refractivity (Wildman–Crippen MR) is 74.6 cm³/mol. The van der Waals surface area contributed by atoms with E-state index in [0.717, 1.165) is 30.9 Å². The molecule has 18 heavy (non-hydrogen) atoms. The van der Waals surface area contributed by atoms with E-state index in [-0.39, 0.29) is 0 Å². The lowest BCUT2D eigenvalue weighted by Gasteiger charge is -2.03. The van der Waals surface area contributed by atoms with Gasteiger partial charge in [-0.2, -0.15) is 5.10 Å². The molecule has 0 aromatic carbocycles. The van der Waals surface area contributed by atoms with Crippen LogP contribution in [-0.4, -0.2) is 14.3 Å². The van der Waals surface area contributed by atoms with Gasteiger partial charge in [0.1, 0.15) is 0 Å². The first-order valence-electron chi connectivity index (χ1n) is 6.64. The third kappa shape index (κ3) is 2.94. The summed E-state index contributed by atoms with van der Waals surface area (Å²) in [6.45, 7) is 6.27. The van der Waals surface area contributed by atoms with E-state index in [1.165, 1.54) is 12.0 Å². The van der Waals surface area contributed by atoms with E-state index >= 15 is 0 Å². The second-order valence-corrected chi connectivity index (χ2v) is 4.63. The van der Waals surface area contributed by atoms with E-state index in [1.807, 2.05) is 17.9 Å². The Morgan fingerprint density at radius 2 is 2.11 bits per heavy atom. The average molecular weight is 246 g/mol. The molecular formula is C14H22N4. The molecule has 0 bridgehead atoms. The Hall–Kier alpha value is -1.71. The number of nitrogens with zero attached hydrogens (tertiary/aromatic N) is 3. The van der Waals surface area contributed by atoms with Crippen molar-refractivity contribution in [1.29, 1.82) is 0 Å². The van der Waals surface area contributed by atoms with Crippen molar-refractivity contribution in [2.45, 2.75) is 39.8 Å². The number of nitrogens with one attached hydrogen (secondary N) is 1. The van der Waals surface area contributed by atoms with E-state index in [9.17, 15) is 0 Å². The highest BCUT2D eigenvalue weighted by molar-refractivity contribution is 5.46. The molecule has 0 radical (unpaired) electrons. The number of aromatic nitrogens is 3. The van der Waals surface area contributed by atoms with Crippen LogP contribution in [0.1, 0.15) is 31.5 Å². The fourth-order valence-electron chi connectivity index (χ4n) is 2.13. The molecule has 0 saturated heterocycles. The van der Waals surface area contributed by atoms with Crippen molar-refractivity contribution >= 4 is 5.69 Å². The minimum absolute atomic E-state index is 0.857. The largest absolute Gasteiger partial charge is 0.378 e. The van der Waals surface area contributed by atoms with Crippen molar-refractivity contribution in [2.24, 2.45) is 7.05 Å². The lowest BCUT2D eigenvalue weighted by Crippen LogP contribution is -2.00. The van der Waals surface area contributed by atoms with E-state index < -0.39 is 0 Å². The zero-order valence-electron chi connectivity index (χ0n) is 11.5. The zero-order valence-corrected chi connectivity index (χ0v) is 11.5. The maximum Gasteiger partial charge on any atom is 0.0853 e. The van der Waals surface area contributed by atoms with Gasteiger partial charge in [-0.05, 0) is 24.5 Å². The van der Waals surface area contributed by atoms with Gasteiger partial charge in [0.05, 0.1) is 11.4 Å². The Labute approximate surface area is 109 Å². The van der Waals surface area contributed by atoms with E-state index in [1.54, 1.807) is 0 Å². The van der Waals surface area contributed by atoms with Crippen molar-refractivity contribution in [3.05, 3.63) is 35.9 Å². The molecule has 0 aliphatic carbocycles. The Kier molecular flexibility index (Phi) is 4.07. The van der Waals surface area contributed by atoms with E-state index in [4.69, 9.17) is 0 Å². The highest BCUT2D eigenvalue weighted by Gasteiger charge is 2.05. The summed E-state index contributed by atoms with van der Waals surface area (Å²) >= 11 is 0. The summed E-state index contributed by atoms with van der Waals surface area (Å²) in [6, 6.07) is 2.17. The van der Waals surface area contributed by atoms with Crippen molar-refractivity contribution in [3.8, 4) is 0 Å². The third-order valence-electron chi connectivity index (χ3n) is 3.02. The second kappa shape index (κ2) is 5.76. The molecule has 2 rings (SSSR count). The van der Waals surface area contributed by atoms with Crippen LogP contribution in [0.3, 0.4) is 0 Å². The Balaban J connectivity index is 1.97. The topological polar surface area (TPSA) is 34.8 Å². The van der Waals surface area contributed by atoms with Crippen molar-refractivity contribution < 1.29 is 0 Å². The Bertz CT molecular complexity index is 496. The average Bonchev–Trinajstić information content (AvgIpc) is 2.93. The first-order valence-corrected chi connectivity index (χ1v) is 6.64. The summed E-state index contributed by atoms with van der Waals surface area (Å²) < 4.78 is 4.10. The number of hydrogen-bond acceptors (Lipinski definition) is 2. The normalized spacial score (nSPS) is 10.8. The Morgan fingerprint density at radius 3 is 2.83 bits per heavy atom. The lowest BCUT2D eigenvalue weighted by atomic mass is 10.3. The SMILES string of the molecule is CCCn1ccc(CNc2cn(C)nc2CC)c1. The van der Waals surface area contributed by atoms with Gasteiger partial charge in [0.15, 0.2) is 0 Å². The highest BCUT2D eigenvalue weighted by atomic mass is 15.3. The van der Waals surface area contributed by atoms with Gasteiger partial charge in [-0.3, -0.25) is 4.68 Å². The molecule has 0 aliphatic heterocycles. The van der Waals surface area contributed by atoms with Crippen LogP contribution in [0.4, 0.5) is 5.69 Å². The first-order chi connectivity index (χ1) is 8.72. The quantitative estimate of drug-likeness (QED) is 0.850. The maximum absolute atomic E-state index is 4.43. The predicted octanol–water partition coefficient (Wildman–Crippen LogP) is 2.81. The number of hydrogen-bond donors (Lipinski definition) is 1. The van der Waals surface area contributed by atoms with Gasteiger partial charge < -0.3 is 9.88 Å². The molecular weight excluding hydrogens is 224 g/mol. The summed E-state index contributed by atoms with van der Waals surface area (Å²) in [5.41, 5.74) is 3.59. The number of rotatable bonds is 6. The van der Waals surface area contributed by atoms with Crippen LogP contribution in [0.25, 0.3) is 0 Å². The van der Waals surface area contributed by atoms with Gasteiger partial charge in [-0.25, -0.2) is 0 Å². The fraction of sp³-hybridized carbons (Fsp3) is 0.500. The van der Waals surface area contributed by atoms with Gasteiger partial charge in [0.2, 0.25) is 0 Å². The van der Waals surface area contributed by atoms with E-state index in [2.05, 4.69) is 47.3 Å². The monoisotopic (exact) mass is 246 g/mol. The molecule has 0 saturated carbocycles. The summed E-state index contributed by atoms with van der Waals surface area (Å²) in [4.78, 5) is 0. The van der Waals surface area contributed by atoms with Crippen molar-refractivity contribution in [3.63, 3.8) is 0 Å². The molecule has 98 valence electrons. The van der Waals surface area contributed by atoms with E-state index in [0.29, 0.717) is 0 Å². The third-order valence-corrected chi connectivity index (χ3v) is 3.02. The first kappa shape index (κ1) is 12.7. The second-order valence-electron chi connectivity index (χ2n) is 4.63. The molecule has 0 unspecified atom stereocenters. The molecule has 2 heterocycles. The molecule has 2 aromatic heterocycles. The van der Waals surface area contributed by atoms with Crippen LogP contribution < -0.4 is 5.32 Å². The van der Waals surface area contributed by atoms with Gasteiger partial charge in [-0.15, -0.1) is 0 Å². The van der Waals surface area contributed by atoms with Gasteiger partial charge >= 0.3 is 0 Å². The van der Waals surface area contributed by atoms with Crippen LogP contribution in [0.5, 0.6) is 0 Å². The van der Waals surface area contributed by atoms with Gasteiger partial charge in [0.25, 0.3) is 0 Å². The Morgan fingerprint density at radius 1 is 1.28 bits per heavy atom. The standard InChI is InChI=1S/C14H22N4/c1-4-7-18-8-6-12(10-18)9-15-14-11-17(3)16-13(14)5-2/h6,8,10-11,15H,4-5,7,9H2,1-3H3. The maximum atomic E-state index is 4.43. The summed E-state index contributed by atoms with van der Waals surface area (Å²) in [5, 5.41) is 7.89. The van der Waals surface area contributed by atoms with Crippen LogP contribution in [0.2, 0.25) is 0 Å². The number of anilines is 1. The summed E-state index contributed by atoms with van der Waals surface area (Å²) in [6.07, 6.45) is 8.52. The van der Waals surface area contributed by atoms with Crippen molar-refractivity contribution in [1.82, 2.24) is 14.3 Å². The van der Waals surface area contributed by atoms with Crippen LogP contribution >= 0.6 is 0 Å². The molecule has 0 spiro atoms. The van der Waals surface area contributed by atoms with Gasteiger partial charge in [0, 0.05) is 38.7 Å². The molecule has 4 heteroatoms. The minimum atomic E-state index is 0.857. The smallest absolute Gasteiger partial charge is 0.0853 e. The van der Waals surface area contributed by atoms with Crippen molar-refractivity contribution in [2.75, 3.05) is 5.32 Å². The van der Waals surface area contributed by atoms with Crippen LogP contribution in [0.15, 0.2) is 24.7 Å². The fourth-order valence-corrected chi connectivity index (χ4v) is 2.13. The van der Waals surface area contributed by atoms with Crippen LogP contribution in [-0.2, 0) is 26.6 Å². The molecule has 0 aliphatic rings. The lowest BCUT2D eigenvalue weighted by molar-refractivity contribution is 0.681. The minimum Gasteiger partial charge on any atom is -0.378 e. The molecule has 1 N–H and O–H groups in total.